The second-order valence-corrected chi connectivity index (χ2v) is 14.7. The summed E-state index contributed by atoms with van der Waals surface area (Å²) in [7, 11) is -3.14. The zero-order valence-corrected chi connectivity index (χ0v) is 26.2. The summed E-state index contributed by atoms with van der Waals surface area (Å²) < 4.78 is 27.3. The van der Waals surface area contributed by atoms with Crippen molar-refractivity contribution >= 4 is 38.9 Å². The zero-order chi connectivity index (χ0) is 30.1. The zero-order valence-electron chi connectivity index (χ0n) is 24.6. The smallest absolute Gasteiger partial charge is 0.263 e. The number of hydrogen-bond donors (Lipinski definition) is 2. The van der Waals surface area contributed by atoms with E-state index in [-0.39, 0.29) is 17.4 Å². The summed E-state index contributed by atoms with van der Waals surface area (Å²) in [4.78, 5) is 26.8. The second-order valence-electron chi connectivity index (χ2n) is 11.7. The molecule has 42 heavy (non-hydrogen) atoms. The summed E-state index contributed by atoms with van der Waals surface area (Å²) in [5.41, 5.74) is 4.62. The number of benzene rings is 1. The van der Waals surface area contributed by atoms with Gasteiger partial charge in [0.1, 0.15) is 4.88 Å². The molecule has 222 valence electrons. The van der Waals surface area contributed by atoms with Crippen LogP contribution in [0.3, 0.4) is 0 Å². The Hall–Kier alpha value is -3.61. The summed E-state index contributed by atoms with van der Waals surface area (Å²) in [5, 5.41) is 7.25. The van der Waals surface area contributed by atoms with E-state index in [2.05, 4.69) is 52.0 Å². The van der Waals surface area contributed by atoms with Gasteiger partial charge < -0.3 is 15.2 Å². The first-order chi connectivity index (χ1) is 19.9. The van der Waals surface area contributed by atoms with E-state index in [1.807, 2.05) is 43.6 Å². The molecule has 1 fully saturated rings. The molecule has 0 saturated carbocycles. The molecule has 1 saturated heterocycles. The molecule has 0 atom stereocenters. The molecule has 4 heterocycles. The maximum absolute atomic E-state index is 12.7. The molecule has 0 unspecified atom stereocenters. The van der Waals surface area contributed by atoms with Crippen molar-refractivity contribution in [3.05, 3.63) is 76.1 Å². The third kappa shape index (κ3) is 7.05. The van der Waals surface area contributed by atoms with Crippen LogP contribution in [0.25, 0.3) is 11.3 Å². The number of rotatable bonds is 8. The van der Waals surface area contributed by atoms with Gasteiger partial charge in [0.05, 0.1) is 28.8 Å². The number of anilines is 2. The molecule has 0 radical (unpaired) electrons. The number of amides is 1. The van der Waals surface area contributed by atoms with Crippen LogP contribution in [0.1, 0.15) is 65.5 Å². The van der Waals surface area contributed by atoms with Crippen LogP contribution in [0.5, 0.6) is 0 Å². The predicted octanol–water partition coefficient (Wildman–Crippen LogP) is 5.28. The Morgan fingerprint density at radius 1 is 1.12 bits per heavy atom. The van der Waals surface area contributed by atoms with Crippen LogP contribution in [0.2, 0.25) is 0 Å². The van der Waals surface area contributed by atoms with Crippen LogP contribution in [0, 0.1) is 6.92 Å². The van der Waals surface area contributed by atoms with Gasteiger partial charge >= 0.3 is 0 Å². The third-order valence-corrected chi connectivity index (χ3v) is 10.1. The minimum absolute atomic E-state index is 0.0851. The Kier molecular flexibility index (Phi) is 8.49. The Morgan fingerprint density at radius 2 is 1.88 bits per heavy atom. The third-order valence-electron chi connectivity index (χ3n) is 7.39. The van der Waals surface area contributed by atoms with Gasteiger partial charge in [0, 0.05) is 55.2 Å². The van der Waals surface area contributed by atoms with Crippen LogP contribution in [-0.2, 0) is 22.0 Å². The SMILES string of the molecule is Cc1cc(-c2ccnc(Nc3ccn(C4CCN(S(C)(=O)=O)CC4)c3)n2)ccc1CNC(=O)c1cnc(C(C)(C)C)s1. The number of aryl methyl sites for hydroxylation is 1. The molecule has 3 aromatic heterocycles. The summed E-state index contributed by atoms with van der Waals surface area (Å²) >= 11 is 1.43. The highest BCUT2D eigenvalue weighted by Crippen LogP contribution is 2.28. The van der Waals surface area contributed by atoms with E-state index in [1.54, 1.807) is 16.7 Å². The van der Waals surface area contributed by atoms with E-state index in [0.717, 1.165) is 45.9 Å². The molecule has 2 N–H and O–H groups in total. The number of carbonyl (C=O) groups is 1. The van der Waals surface area contributed by atoms with E-state index in [4.69, 9.17) is 4.98 Å². The van der Waals surface area contributed by atoms with E-state index in [9.17, 15) is 13.2 Å². The Labute approximate surface area is 251 Å². The van der Waals surface area contributed by atoms with Gasteiger partial charge in [-0.3, -0.25) is 4.79 Å². The number of nitrogens with one attached hydrogen (secondary N) is 2. The number of sulfonamides is 1. The fraction of sp³-hybridized carbons (Fsp3) is 0.400. The minimum atomic E-state index is -3.14. The average Bonchev–Trinajstić information content (AvgIpc) is 3.63. The largest absolute Gasteiger partial charge is 0.349 e. The van der Waals surface area contributed by atoms with Crippen LogP contribution >= 0.6 is 11.3 Å². The molecule has 10 nitrogen and oxygen atoms in total. The molecule has 5 rings (SSSR count). The van der Waals surface area contributed by atoms with Crippen molar-refractivity contribution in [3.8, 4) is 11.3 Å². The normalized spacial score (nSPS) is 15.1. The molecule has 1 amide bonds. The van der Waals surface area contributed by atoms with Gasteiger partial charge in [0.25, 0.3) is 5.91 Å². The summed E-state index contributed by atoms with van der Waals surface area (Å²) in [5.74, 6) is 0.372. The lowest BCUT2D eigenvalue weighted by atomic mass is 9.98. The van der Waals surface area contributed by atoms with Crippen LogP contribution in [0.4, 0.5) is 11.6 Å². The standard InChI is InChI=1S/C30H37N7O3S2/c1-20-16-21(6-7-22(20)17-32-27(38)26-18-33-28(41-26)30(2,3)4)25-8-12-31-29(35-25)34-23-9-13-36(19-23)24-10-14-37(15-11-24)42(5,39)40/h6-9,12-13,16,18-19,24H,10-11,14-15,17H2,1-5H3,(H,32,38)(H,31,34,35). The highest BCUT2D eigenvalue weighted by atomic mass is 32.2. The molecule has 0 bridgehead atoms. The molecule has 0 spiro atoms. The van der Waals surface area contributed by atoms with Gasteiger partial charge in [-0.25, -0.2) is 27.7 Å². The predicted molar refractivity (Wildman–Crippen MR) is 167 cm³/mol. The molecular formula is C30H37N7O3S2. The van der Waals surface area contributed by atoms with Crippen LogP contribution in [0.15, 0.2) is 55.1 Å². The van der Waals surface area contributed by atoms with Crippen LogP contribution < -0.4 is 10.6 Å². The van der Waals surface area contributed by atoms with Crippen LogP contribution in [-0.4, -0.2) is 57.5 Å². The van der Waals surface area contributed by atoms with Crippen molar-refractivity contribution in [2.75, 3.05) is 24.7 Å². The number of thiazole rings is 1. The summed E-state index contributed by atoms with van der Waals surface area (Å²) in [6, 6.07) is 10.2. The van der Waals surface area contributed by atoms with Crippen molar-refractivity contribution in [2.24, 2.45) is 0 Å². The topological polar surface area (TPSA) is 122 Å². The van der Waals surface area contributed by atoms with E-state index < -0.39 is 10.0 Å². The quantitative estimate of drug-likeness (QED) is 0.280. The Balaban J connectivity index is 1.20. The van der Waals surface area contributed by atoms with Crippen molar-refractivity contribution in [2.45, 2.75) is 58.5 Å². The fourth-order valence-corrected chi connectivity index (χ4v) is 6.70. The van der Waals surface area contributed by atoms with E-state index in [0.29, 0.717) is 30.5 Å². The maximum atomic E-state index is 12.7. The first-order valence-corrected chi connectivity index (χ1v) is 16.6. The van der Waals surface area contributed by atoms with Crippen molar-refractivity contribution in [3.63, 3.8) is 0 Å². The molecule has 1 aromatic carbocycles. The summed E-state index contributed by atoms with van der Waals surface area (Å²) in [6.45, 7) is 9.77. The van der Waals surface area contributed by atoms with Gasteiger partial charge in [-0.2, -0.15) is 0 Å². The van der Waals surface area contributed by atoms with Crippen molar-refractivity contribution in [1.29, 1.82) is 0 Å². The van der Waals surface area contributed by atoms with Gasteiger partial charge in [0.2, 0.25) is 16.0 Å². The lowest BCUT2D eigenvalue weighted by Crippen LogP contribution is -2.38. The number of carbonyl (C=O) groups excluding carboxylic acids is 1. The fourth-order valence-electron chi connectivity index (χ4n) is 4.94. The summed E-state index contributed by atoms with van der Waals surface area (Å²) in [6.07, 6.45) is 10.2. The molecular weight excluding hydrogens is 571 g/mol. The van der Waals surface area contributed by atoms with Crippen molar-refractivity contribution < 1.29 is 13.2 Å². The Bertz CT molecular complexity index is 1680. The monoisotopic (exact) mass is 607 g/mol. The highest BCUT2D eigenvalue weighted by Gasteiger charge is 2.25. The lowest BCUT2D eigenvalue weighted by molar-refractivity contribution is 0.0954. The first-order valence-electron chi connectivity index (χ1n) is 13.9. The Morgan fingerprint density at radius 3 is 2.55 bits per heavy atom. The minimum Gasteiger partial charge on any atom is -0.349 e. The van der Waals surface area contributed by atoms with Gasteiger partial charge in [-0.05, 0) is 49.1 Å². The molecule has 1 aliphatic rings. The van der Waals surface area contributed by atoms with Crippen molar-refractivity contribution in [1.82, 2.24) is 29.1 Å². The lowest BCUT2D eigenvalue weighted by Gasteiger charge is -2.31. The average molecular weight is 608 g/mol. The molecule has 1 aliphatic heterocycles. The van der Waals surface area contributed by atoms with Gasteiger partial charge in [-0.15, -0.1) is 11.3 Å². The van der Waals surface area contributed by atoms with E-state index >= 15 is 0 Å². The number of aromatic nitrogens is 4. The first kappa shape index (κ1) is 29.9. The molecule has 12 heteroatoms. The molecule has 0 aliphatic carbocycles. The van der Waals surface area contributed by atoms with E-state index in [1.165, 1.54) is 17.6 Å². The number of hydrogen-bond acceptors (Lipinski definition) is 8. The number of piperidine rings is 1. The van der Waals surface area contributed by atoms with Gasteiger partial charge in [-0.1, -0.05) is 32.9 Å². The molecule has 4 aromatic rings. The highest BCUT2D eigenvalue weighted by molar-refractivity contribution is 7.88. The second kappa shape index (κ2) is 11.9. The maximum Gasteiger partial charge on any atom is 0.263 e. The number of nitrogens with zero attached hydrogens (tertiary/aromatic N) is 5. The van der Waals surface area contributed by atoms with Gasteiger partial charge in [0.15, 0.2) is 0 Å².